The molecule has 0 aliphatic carbocycles. The molecule has 57 heavy (non-hydrogen) atoms. The second kappa shape index (κ2) is 13.8. The number of thiophene rings is 1. The molecular weight excluding hydrogens is 711 g/mol. The van der Waals surface area contributed by atoms with Crippen LogP contribution in [-0.2, 0) is 0 Å². The van der Waals surface area contributed by atoms with Crippen molar-refractivity contribution in [2.24, 2.45) is 0 Å². The van der Waals surface area contributed by atoms with Gasteiger partial charge in [-0.2, -0.15) is 0 Å². The zero-order valence-electron chi connectivity index (χ0n) is 31.0. The van der Waals surface area contributed by atoms with Crippen molar-refractivity contribution in [1.29, 1.82) is 0 Å². The number of fused-ring (bicyclic) bond motifs is 6. The third kappa shape index (κ3) is 5.71. The molecule has 0 saturated heterocycles. The van der Waals surface area contributed by atoms with Crippen molar-refractivity contribution in [3.63, 3.8) is 0 Å². The van der Waals surface area contributed by atoms with E-state index in [4.69, 9.17) is 4.42 Å². The lowest BCUT2D eigenvalue weighted by atomic mass is 9.89. The SMILES string of the molecule is c1ccc(-c2ccccc2-c2ccccc2-c2ccc(N(c3ccc4c(c3)oc3ccccc34)c3ccc(-c4ccccc4)c4sc5ccccc5c34)cc2)cc1. The first kappa shape index (κ1) is 33.2. The first-order valence-electron chi connectivity index (χ1n) is 19.3. The number of rotatable bonds is 7. The zero-order chi connectivity index (χ0) is 37.7. The molecule has 9 aromatic carbocycles. The average Bonchev–Trinajstić information content (AvgIpc) is 3.86. The topological polar surface area (TPSA) is 16.4 Å². The van der Waals surface area contributed by atoms with Crippen LogP contribution < -0.4 is 4.90 Å². The summed E-state index contributed by atoms with van der Waals surface area (Å²) in [6.07, 6.45) is 0. The van der Waals surface area contributed by atoms with Crippen LogP contribution in [0.5, 0.6) is 0 Å². The maximum absolute atomic E-state index is 6.48. The lowest BCUT2D eigenvalue weighted by molar-refractivity contribution is 0.669. The molecule has 3 heteroatoms. The molecule has 268 valence electrons. The van der Waals surface area contributed by atoms with Gasteiger partial charge in [0.25, 0.3) is 0 Å². The molecule has 0 radical (unpaired) electrons. The number of benzene rings is 9. The average molecular weight is 746 g/mol. The van der Waals surface area contributed by atoms with Gasteiger partial charge in [0.2, 0.25) is 0 Å². The summed E-state index contributed by atoms with van der Waals surface area (Å²) in [6, 6.07) is 76.3. The minimum absolute atomic E-state index is 0.869. The predicted octanol–water partition coefficient (Wildman–Crippen LogP) is 16.1. The van der Waals surface area contributed by atoms with Gasteiger partial charge in [0, 0.05) is 48.4 Å². The minimum atomic E-state index is 0.869. The Morgan fingerprint density at radius 2 is 0.877 bits per heavy atom. The van der Waals surface area contributed by atoms with Crippen LogP contribution in [0.25, 0.3) is 86.6 Å². The van der Waals surface area contributed by atoms with Crippen LogP contribution in [0.4, 0.5) is 17.1 Å². The van der Waals surface area contributed by atoms with Crippen molar-refractivity contribution in [1.82, 2.24) is 0 Å². The fourth-order valence-corrected chi connectivity index (χ4v) is 9.73. The van der Waals surface area contributed by atoms with E-state index in [1.165, 1.54) is 59.1 Å². The largest absolute Gasteiger partial charge is 0.456 e. The van der Waals surface area contributed by atoms with Gasteiger partial charge in [-0.3, -0.25) is 0 Å². The zero-order valence-corrected chi connectivity index (χ0v) is 31.8. The molecule has 0 saturated carbocycles. The second-order valence-electron chi connectivity index (χ2n) is 14.4. The summed E-state index contributed by atoms with van der Waals surface area (Å²) in [5, 5.41) is 4.74. The molecule has 0 aliphatic heterocycles. The van der Waals surface area contributed by atoms with Crippen molar-refractivity contribution in [2.75, 3.05) is 4.90 Å². The molecule has 11 aromatic rings. The maximum atomic E-state index is 6.48. The van der Waals surface area contributed by atoms with E-state index >= 15 is 0 Å². The number of nitrogens with zero attached hydrogens (tertiary/aromatic N) is 1. The van der Waals surface area contributed by atoms with E-state index in [-0.39, 0.29) is 0 Å². The summed E-state index contributed by atoms with van der Waals surface area (Å²) in [4.78, 5) is 2.41. The molecule has 0 atom stereocenters. The fourth-order valence-electron chi connectivity index (χ4n) is 8.47. The first-order valence-corrected chi connectivity index (χ1v) is 20.2. The van der Waals surface area contributed by atoms with Gasteiger partial charge < -0.3 is 9.32 Å². The third-order valence-electron chi connectivity index (χ3n) is 11.1. The standard InChI is InChI=1S/C54H35NOS/c1-3-15-36(16-4-1)41-19-7-9-21-44(41)45-22-10-8-20-42(45)38-27-29-39(30-28-38)55(40-31-32-47-46-23-11-13-25-50(46)56-51(47)35-40)49-34-33-43(37-17-5-2-6-18-37)54-53(49)48-24-12-14-26-52(48)57-54/h1-35H. The van der Waals surface area contributed by atoms with Crippen LogP contribution >= 0.6 is 11.3 Å². The van der Waals surface area contributed by atoms with Gasteiger partial charge in [-0.15, -0.1) is 11.3 Å². The molecule has 0 bridgehead atoms. The van der Waals surface area contributed by atoms with Crippen molar-refractivity contribution in [3.8, 4) is 44.5 Å². The Labute approximate surface area is 335 Å². The number of furan rings is 1. The Balaban J connectivity index is 1.10. The molecule has 2 nitrogen and oxygen atoms in total. The van der Waals surface area contributed by atoms with Crippen LogP contribution in [0.15, 0.2) is 217 Å². The van der Waals surface area contributed by atoms with E-state index in [1.807, 2.05) is 23.5 Å². The molecule has 11 rings (SSSR count). The molecular formula is C54H35NOS. The number of hydrogen-bond donors (Lipinski definition) is 0. The van der Waals surface area contributed by atoms with E-state index in [2.05, 4.69) is 205 Å². The van der Waals surface area contributed by atoms with Crippen molar-refractivity contribution in [2.45, 2.75) is 0 Å². The van der Waals surface area contributed by atoms with Gasteiger partial charge in [-0.25, -0.2) is 0 Å². The smallest absolute Gasteiger partial charge is 0.137 e. The van der Waals surface area contributed by atoms with Gasteiger partial charge in [0.1, 0.15) is 11.2 Å². The van der Waals surface area contributed by atoms with Crippen LogP contribution in [0.3, 0.4) is 0 Å². The maximum Gasteiger partial charge on any atom is 0.137 e. The van der Waals surface area contributed by atoms with Gasteiger partial charge in [-0.05, 0) is 87.0 Å². The summed E-state index contributed by atoms with van der Waals surface area (Å²) in [6.45, 7) is 0. The number of anilines is 3. The van der Waals surface area contributed by atoms with Gasteiger partial charge in [0.05, 0.1) is 5.69 Å². The molecule has 0 fully saturated rings. The summed E-state index contributed by atoms with van der Waals surface area (Å²) in [7, 11) is 0. The summed E-state index contributed by atoms with van der Waals surface area (Å²) in [5.74, 6) is 0. The summed E-state index contributed by atoms with van der Waals surface area (Å²) < 4.78 is 9.03. The first-order chi connectivity index (χ1) is 28.3. The molecule has 0 N–H and O–H groups in total. The molecule has 0 unspecified atom stereocenters. The summed E-state index contributed by atoms with van der Waals surface area (Å²) in [5.41, 5.74) is 14.7. The van der Waals surface area contributed by atoms with E-state index in [0.717, 1.165) is 44.6 Å². The number of hydrogen-bond acceptors (Lipinski definition) is 3. The van der Waals surface area contributed by atoms with Crippen LogP contribution in [0.1, 0.15) is 0 Å². The highest BCUT2D eigenvalue weighted by Crippen LogP contribution is 2.49. The highest BCUT2D eigenvalue weighted by Gasteiger charge is 2.22. The van der Waals surface area contributed by atoms with Crippen LogP contribution in [0.2, 0.25) is 0 Å². The Bertz CT molecular complexity index is 3230. The normalized spacial score (nSPS) is 11.5. The molecule has 0 amide bonds. The molecule has 0 spiro atoms. The lowest BCUT2D eigenvalue weighted by Gasteiger charge is -2.27. The highest BCUT2D eigenvalue weighted by molar-refractivity contribution is 7.26. The second-order valence-corrected chi connectivity index (χ2v) is 15.5. The molecule has 0 aliphatic rings. The van der Waals surface area contributed by atoms with Crippen molar-refractivity contribution >= 4 is 70.5 Å². The minimum Gasteiger partial charge on any atom is -0.456 e. The Hall–Kier alpha value is -7.20. The Morgan fingerprint density at radius 3 is 1.58 bits per heavy atom. The van der Waals surface area contributed by atoms with E-state index in [9.17, 15) is 0 Å². The monoisotopic (exact) mass is 745 g/mol. The molecule has 2 heterocycles. The van der Waals surface area contributed by atoms with E-state index < -0.39 is 0 Å². The highest BCUT2D eigenvalue weighted by atomic mass is 32.1. The van der Waals surface area contributed by atoms with Crippen LogP contribution in [0, 0.1) is 0 Å². The van der Waals surface area contributed by atoms with Gasteiger partial charge in [-0.1, -0.05) is 164 Å². The predicted molar refractivity (Wildman–Crippen MR) is 243 cm³/mol. The molecule has 2 aromatic heterocycles. The Kier molecular flexibility index (Phi) is 8.04. The van der Waals surface area contributed by atoms with Crippen molar-refractivity contribution in [3.05, 3.63) is 212 Å². The lowest BCUT2D eigenvalue weighted by Crippen LogP contribution is -2.10. The van der Waals surface area contributed by atoms with Crippen molar-refractivity contribution < 1.29 is 4.42 Å². The third-order valence-corrected chi connectivity index (χ3v) is 12.3. The summed E-state index contributed by atoms with van der Waals surface area (Å²) >= 11 is 1.86. The quantitative estimate of drug-likeness (QED) is 0.162. The van der Waals surface area contributed by atoms with Gasteiger partial charge in [0.15, 0.2) is 0 Å². The van der Waals surface area contributed by atoms with E-state index in [1.54, 1.807) is 0 Å². The van der Waals surface area contributed by atoms with E-state index in [0.29, 0.717) is 0 Å². The van der Waals surface area contributed by atoms with Crippen LogP contribution in [-0.4, -0.2) is 0 Å². The fraction of sp³-hybridized carbons (Fsp3) is 0. The van der Waals surface area contributed by atoms with Gasteiger partial charge >= 0.3 is 0 Å². The number of para-hydroxylation sites is 1. The Morgan fingerprint density at radius 1 is 0.351 bits per heavy atom.